The fourth-order valence-corrected chi connectivity index (χ4v) is 5.60. The monoisotopic (exact) mass is 489 g/mol. The number of amides is 1. The molecule has 0 unspecified atom stereocenters. The van der Waals surface area contributed by atoms with Crippen molar-refractivity contribution in [1.82, 2.24) is 18.9 Å². The summed E-state index contributed by atoms with van der Waals surface area (Å²) in [6.45, 7) is 1.80. The Hall–Kier alpha value is -3.59. The van der Waals surface area contributed by atoms with Crippen LogP contribution in [0.4, 0.5) is 5.69 Å². The summed E-state index contributed by atoms with van der Waals surface area (Å²) in [5, 5.41) is 3.93. The lowest BCUT2D eigenvalue weighted by Crippen LogP contribution is -2.27. The van der Waals surface area contributed by atoms with Crippen molar-refractivity contribution in [3.63, 3.8) is 0 Å². The first-order valence-electron chi connectivity index (χ1n) is 11.7. The number of hydrogen-bond donors (Lipinski definition) is 1. The van der Waals surface area contributed by atoms with Crippen LogP contribution < -0.4 is 16.4 Å². The Balaban J connectivity index is 1.41. The van der Waals surface area contributed by atoms with E-state index in [1.807, 2.05) is 48.5 Å². The van der Waals surface area contributed by atoms with Crippen LogP contribution in [-0.4, -0.2) is 30.6 Å². The van der Waals surface area contributed by atoms with Gasteiger partial charge in [0.25, 0.3) is 11.1 Å². The molecule has 9 heteroatoms. The highest BCUT2D eigenvalue weighted by Crippen LogP contribution is 2.32. The molecule has 2 heterocycles. The molecular weight excluding hydrogens is 462 g/mol. The van der Waals surface area contributed by atoms with Crippen molar-refractivity contribution < 1.29 is 4.79 Å². The van der Waals surface area contributed by atoms with E-state index in [-0.39, 0.29) is 34.5 Å². The van der Waals surface area contributed by atoms with Gasteiger partial charge in [-0.05, 0) is 44.0 Å². The third-order valence-corrected chi connectivity index (χ3v) is 7.57. The molecule has 1 amide bonds. The lowest BCUT2D eigenvalue weighted by atomic mass is 10.2. The van der Waals surface area contributed by atoms with Gasteiger partial charge < -0.3 is 5.32 Å². The van der Waals surface area contributed by atoms with Crippen LogP contribution in [0.5, 0.6) is 0 Å². The first kappa shape index (κ1) is 23.2. The maximum Gasteiger partial charge on any atom is 0.295 e. The number of thioether (sulfide) groups is 1. The van der Waals surface area contributed by atoms with Crippen molar-refractivity contribution >= 4 is 34.3 Å². The van der Waals surface area contributed by atoms with Gasteiger partial charge in [0.2, 0.25) is 5.91 Å². The Bertz CT molecular complexity index is 1510. The summed E-state index contributed by atoms with van der Waals surface area (Å²) in [5.74, 6) is -0.280. The van der Waals surface area contributed by atoms with Gasteiger partial charge in [0.1, 0.15) is 5.69 Å². The number of benzene rings is 2. The van der Waals surface area contributed by atoms with Gasteiger partial charge in [-0.15, -0.1) is 0 Å². The molecule has 1 fully saturated rings. The van der Waals surface area contributed by atoms with Crippen LogP contribution in [0.2, 0.25) is 0 Å². The average Bonchev–Trinajstić information content (AvgIpc) is 3.47. The molecule has 1 saturated carbocycles. The molecule has 0 atom stereocenters. The van der Waals surface area contributed by atoms with Crippen LogP contribution in [0.1, 0.15) is 37.4 Å². The van der Waals surface area contributed by atoms with Gasteiger partial charge in [0, 0.05) is 13.1 Å². The van der Waals surface area contributed by atoms with E-state index in [0.717, 1.165) is 31.4 Å². The summed E-state index contributed by atoms with van der Waals surface area (Å²) in [4.78, 5) is 44.1. The minimum absolute atomic E-state index is 0.0383. The Morgan fingerprint density at radius 2 is 1.71 bits per heavy atom. The molecule has 35 heavy (non-hydrogen) atoms. The number of nitrogens with one attached hydrogen (secondary N) is 1. The van der Waals surface area contributed by atoms with E-state index in [2.05, 4.69) is 5.32 Å². The molecule has 2 aromatic heterocycles. The molecule has 0 aliphatic heterocycles. The Labute approximate surface area is 206 Å². The number of carbonyl (C=O) groups excluding carboxylic acids is 1. The highest BCUT2D eigenvalue weighted by atomic mass is 32.2. The second-order valence-electron chi connectivity index (χ2n) is 8.80. The number of nitrogens with zero attached hydrogens (tertiary/aromatic N) is 4. The Morgan fingerprint density at radius 1 is 1.03 bits per heavy atom. The van der Waals surface area contributed by atoms with E-state index in [4.69, 9.17) is 4.98 Å². The van der Waals surface area contributed by atoms with Crippen LogP contribution in [0, 0.1) is 6.92 Å². The van der Waals surface area contributed by atoms with Gasteiger partial charge in [-0.2, -0.15) is 0 Å². The molecule has 8 nitrogen and oxygen atoms in total. The maximum absolute atomic E-state index is 13.3. The summed E-state index contributed by atoms with van der Waals surface area (Å²) in [6.07, 6.45) is 4.02. The Kier molecular flexibility index (Phi) is 6.34. The topological polar surface area (TPSA) is 90.9 Å². The molecule has 0 radical (unpaired) electrons. The summed E-state index contributed by atoms with van der Waals surface area (Å²) in [5.41, 5.74) is 1.90. The average molecular weight is 490 g/mol. The number of para-hydroxylation sites is 2. The van der Waals surface area contributed by atoms with Crippen LogP contribution in [-0.2, 0) is 11.8 Å². The molecular formula is C26H27N5O3S. The van der Waals surface area contributed by atoms with Gasteiger partial charge in [0.15, 0.2) is 5.16 Å². The van der Waals surface area contributed by atoms with Crippen LogP contribution >= 0.6 is 11.8 Å². The van der Waals surface area contributed by atoms with E-state index in [1.165, 1.54) is 16.4 Å². The third-order valence-electron chi connectivity index (χ3n) is 6.62. The quantitative estimate of drug-likeness (QED) is 0.326. The summed E-state index contributed by atoms with van der Waals surface area (Å²) in [6, 6.07) is 16.7. The van der Waals surface area contributed by atoms with Gasteiger partial charge in [-0.1, -0.05) is 54.9 Å². The van der Waals surface area contributed by atoms with Gasteiger partial charge in [0.05, 0.1) is 28.0 Å². The maximum atomic E-state index is 13.3. The van der Waals surface area contributed by atoms with E-state index in [9.17, 15) is 14.4 Å². The molecule has 1 N–H and O–H groups in total. The normalized spacial score (nSPS) is 14.0. The van der Waals surface area contributed by atoms with Crippen LogP contribution in [0.25, 0.3) is 16.6 Å². The smallest absolute Gasteiger partial charge is 0.295 e. The third kappa shape index (κ3) is 4.32. The number of hydrogen-bond acceptors (Lipinski definition) is 5. The number of anilines is 1. The highest BCUT2D eigenvalue weighted by Gasteiger charge is 2.24. The second-order valence-corrected chi connectivity index (χ2v) is 9.74. The van der Waals surface area contributed by atoms with Gasteiger partial charge in [-0.3, -0.25) is 23.6 Å². The zero-order valence-corrected chi connectivity index (χ0v) is 20.5. The van der Waals surface area contributed by atoms with E-state index in [0.29, 0.717) is 21.8 Å². The van der Waals surface area contributed by atoms with Crippen molar-refractivity contribution in [3.8, 4) is 5.69 Å². The van der Waals surface area contributed by atoms with Crippen LogP contribution in [0.3, 0.4) is 0 Å². The molecule has 1 aliphatic rings. The Morgan fingerprint density at radius 3 is 2.46 bits per heavy atom. The van der Waals surface area contributed by atoms with Gasteiger partial charge in [-0.25, -0.2) is 9.67 Å². The fourth-order valence-electron chi connectivity index (χ4n) is 4.73. The van der Waals surface area contributed by atoms with Gasteiger partial charge >= 0.3 is 0 Å². The zero-order chi connectivity index (χ0) is 24.5. The molecule has 0 bridgehead atoms. The first-order chi connectivity index (χ1) is 17.0. The van der Waals surface area contributed by atoms with Crippen molar-refractivity contribution in [2.24, 2.45) is 7.05 Å². The zero-order valence-electron chi connectivity index (χ0n) is 19.7. The van der Waals surface area contributed by atoms with Crippen molar-refractivity contribution in [2.75, 3.05) is 11.1 Å². The van der Waals surface area contributed by atoms with Crippen LogP contribution in [0.15, 0.2) is 69.3 Å². The number of fused-ring (bicyclic) bond motifs is 1. The molecule has 2 aromatic carbocycles. The van der Waals surface area contributed by atoms with E-state index >= 15 is 0 Å². The largest absolute Gasteiger partial charge is 0.319 e. The predicted molar refractivity (Wildman–Crippen MR) is 139 cm³/mol. The molecule has 0 saturated heterocycles. The highest BCUT2D eigenvalue weighted by molar-refractivity contribution is 7.99. The number of carbonyl (C=O) groups is 1. The van der Waals surface area contributed by atoms with E-state index in [1.54, 1.807) is 29.3 Å². The number of aromatic nitrogens is 4. The predicted octanol–water partition coefficient (Wildman–Crippen LogP) is 4.04. The molecule has 180 valence electrons. The minimum Gasteiger partial charge on any atom is -0.319 e. The first-order valence-corrected chi connectivity index (χ1v) is 12.7. The van der Waals surface area contributed by atoms with E-state index < -0.39 is 0 Å². The SMILES string of the molecule is Cc1c(NC(=O)CSc2nc3ccccc3c(=O)n2C2CCCC2)c(=O)n(-c2ccccc2)n1C. The summed E-state index contributed by atoms with van der Waals surface area (Å²) in [7, 11) is 1.79. The number of rotatable bonds is 6. The summed E-state index contributed by atoms with van der Waals surface area (Å²) < 4.78 is 5.02. The van der Waals surface area contributed by atoms with Crippen molar-refractivity contribution in [2.45, 2.75) is 43.8 Å². The standard InChI is InChI=1S/C26H27N5O3S/c1-17-23(25(34)31(29(17)2)19-12-4-3-5-13-19)28-22(32)16-35-26-27-21-15-9-8-14-20(21)24(33)30(26)18-10-6-7-11-18/h3-5,8-9,12-15,18H,6-7,10-11,16H2,1-2H3,(H,28,32). The second kappa shape index (κ2) is 9.58. The molecule has 5 rings (SSSR count). The minimum atomic E-state index is -0.318. The summed E-state index contributed by atoms with van der Waals surface area (Å²) >= 11 is 1.23. The lowest BCUT2D eigenvalue weighted by Gasteiger charge is -2.18. The molecule has 0 spiro atoms. The lowest BCUT2D eigenvalue weighted by molar-refractivity contribution is -0.113. The fraction of sp³-hybridized carbons (Fsp3) is 0.308. The molecule has 1 aliphatic carbocycles. The van der Waals surface area contributed by atoms with Crippen molar-refractivity contribution in [3.05, 3.63) is 81.0 Å². The molecule has 4 aromatic rings. The van der Waals surface area contributed by atoms with Crippen molar-refractivity contribution in [1.29, 1.82) is 0 Å².